The van der Waals surface area contributed by atoms with Crippen molar-refractivity contribution in [1.29, 1.82) is 5.26 Å². The molecule has 1 saturated carbocycles. The number of carbonyl (C=O) groups excluding carboxylic acids is 3. The quantitative estimate of drug-likeness (QED) is 0.814. The molecule has 0 atom stereocenters. The average Bonchev–Trinajstić information content (AvgIpc) is 2.84. The molecule has 2 N–H and O–H groups in total. The van der Waals surface area contributed by atoms with E-state index in [-0.39, 0.29) is 12.5 Å². The van der Waals surface area contributed by atoms with E-state index < -0.39 is 17.5 Å². The molecule has 7 heteroatoms. The Balaban J connectivity index is 1.69. The number of urea groups is 1. The minimum Gasteiger partial charge on any atom is -0.323 e. The second kappa shape index (κ2) is 7.56. The molecule has 1 heterocycles. The molecule has 1 aliphatic heterocycles. The van der Waals surface area contributed by atoms with Crippen molar-refractivity contribution in [3.05, 3.63) is 29.8 Å². The van der Waals surface area contributed by atoms with Crippen LogP contribution in [-0.4, -0.2) is 34.8 Å². The number of nitrogens with one attached hydrogen (secondary N) is 2. The molecule has 0 aromatic heterocycles. The van der Waals surface area contributed by atoms with E-state index in [9.17, 15) is 14.4 Å². The maximum absolute atomic E-state index is 12.9. The minimum atomic E-state index is -0.859. The Morgan fingerprint density at radius 1 is 1.15 bits per heavy atom. The first kappa shape index (κ1) is 17.9. The number of para-hydroxylation sites is 1. The van der Waals surface area contributed by atoms with Gasteiger partial charge in [0.05, 0.1) is 11.3 Å². The van der Waals surface area contributed by atoms with Crippen LogP contribution in [0.3, 0.4) is 0 Å². The van der Waals surface area contributed by atoms with Gasteiger partial charge in [0.1, 0.15) is 18.2 Å². The molecule has 0 radical (unpaired) electrons. The Kier molecular flexibility index (Phi) is 5.21. The Hall–Kier alpha value is -2.88. The van der Waals surface area contributed by atoms with Crippen molar-refractivity contribution < 1.29 is 14.4 Å². The first-order valence-electron chi connectivity index (χ1n) is 8.99. The lowest BCUT2D eigenvalue weighted by molar-refractivity contribution is -0.134. The molecule has 1 spiro atoms. The summed E-state index contributed by atoms with van der Waals surface area (Å²) in [6.45, 7) is -0.355. The van der Waals surface area contributed by atoms with E-state index in [1.807, 2.05) is 6.07 Å². The number of carbonyl (C=O) groups is 3. The second-order valence-electron chi connectivity index (χ2n) is 6.88. The van der Waals surface area contributed by atoms with E-state index in [0.29, 0.717) is 24.1 Å². The van der Waals surface area contributed by atoms with Crippen LogP contribution in [-0.2, 0) is 9.59 Å². The van der Waals surface area contributed by atoms with Gasteiger partial charge in [-0.2, -0.15) is 5.26 Å². The molecule has 1 aliphatic carbocycles. The number of hydrogen-bond donors (Lipinski definition) is 2. The third-order valence-corrected chi connectivity index (χ3v) is 5.08. The number of hydrogen-bond acceptors (Lipinski definition) is 4. The van der Waals surface area contributed by atoms with Crippen molar-refractivity contribution in [3.63, 3.8) is 0 Å². The molecule has 7 nitrogen and oxygen atoms in total. The van der Waals surface area contributed by atoms with Crippen LogP contribution in [0.1, 0.15) is 50.5 Å². The van der Waals surface area contributed by atoms with Crippen LogP contribution in [0.15, 0.2) is 24.3 Å². The predicted molar refractivity (Wildman–Crippen MR) is 95.1 cm³/mol. The van der Waals surface area contributed by atoms with Crippen molar-refractivity contribution in [2.75, 3.05) is 11.9 Å². The summed E-state index contributed by atoms with van der Waals surface area (Å²) in [5.41, 5.74) is -0.162. The van der Waals surface area contributed by atoms with Gasteiger partial charge in [-0.1, -0.05) is 44.2 Å². The van der Waals surface area contributed by atoms with Gasteiger partial charge in [-0.25, -0.2) is 4.79 Å². The van der Waals surface area contributed by atoms with Gasteiger partial charge in [-0.05, 0) is 25.0 Å². The summed E-state index contributed by atoms with van der Waals surface area (Å²) in [5.74, 6) is -0.813. The van der Waals surface area contributed by atoms with Gasteiger partial charge in [-0.3, -0.25) is 14.5 Å². The SMILES string of the molecule is N#Cc1ccccc1NC(=O)CN1C(=O)NC2(CCCCCCC2)C1=O. The Morgan fingerprint density at radius 2 is 1.81 bits per heavy atom. The molecule has 2 aliphatic rings. The molecule has 26 heavy (non-hydrogen) atoms. The van der Waals surface area contributed by atoms with E-state index in [1.165, 1.54) is 0 Å². The van der Waals surface area contributed by atoms with E-state index in [1.54, 1.807) is 24.3 Å². The zero-order valence-electron chi connectivity index (χ0n) is 14.6. The second-order valence-corrected chi connectivity index (χ2v) is 6.88. The number of anilines is 1. The van der Waals surface area contributed by atoms with Crippen LogP contribution < -0.4 is 10.6 Å². The van der Waals surface area contributed by atoms with Crippen molar-refractivity contribution in [2.24, 2.45) is 0 Å². The molecule has 0 unspecified atom stereocenters. The smallest absolute Gasteiger partial charge is 0.323 e. The fourth-order valence-electron chi connectivity index (χ4n) is 3.69. The molecular formula is C19H22N4O3. The molecule has 1 aromatic rings. The summed E-state index contributed by atoms with van der Waals surface area (Å²) in [5, 5.41) is 14.5. The lowest BCUT2D eigenvalue weighted by Gasteiger charge is -2.28. The van der Waals surface area contributed by atoms with Gasteiger partial charge < -0.3 is 10.6 Å². The standard InChI is InChI=1S/C19H22N4O3/c20-12-14-8-4-5-9-15(14)21-16(24)13-23-17(25)19(22-18(23)26)10-6-2-1-3-7-11-19/h4-5,8-9H,1-3,6-7,10-11,13H2,(H,21,24)(H,22,26). The molecule has 1 saturated heterocycles. The zero-order valence-corrected chi connectivity index (χ0v) is 14.6. The van der Waals surface area contributed by atoms with Gasteiger partial charge in [0.15, 0.2) is 0 Å². The largest absolute Gasteiger partial charge is 0.325 e. The lowest BCUT2D eigenvalue weighted by Crippen LogP contribution is -2.47. The van der Waals surface area contributed by atoms with Crippen LogP contribution in [0, 0.1) is 11.3 Å². The van der Waals surface area contributed by atoms with Crippen molar-refractivity contribution in [3.8, 4) is 6.07 Å². The summed E-state index contributed by atoms with van der Waals surface area (Å²) in [4.78, 5) is 38.5. The molecule has 1 aromatic carbocycles. The number of rotatable bonds is 3. The van der Waals surface area contributed by atoms with Gasteiger partial charge in [-0.15, -0.1) is 0 Å². The molecule has 4 amide bonds. The maximum Gasteiger partial charge on any atom is 0.325 e. The first-order chi connectivity index (χ1) is 12.6. The summed E-state index contributed by atoms with van der Waals surface area (Å²) >= 11 is 0. The van der Waals surface area contributed by atoms with Crippen LogP contribution >= 0.6 is 0 Å². The van der Waals surface area contributed by atoms with Crippen molar-refractivity contribution in [2.45, 2.75) is 50.5 Å². The third kappa shape index (κ3) is 3.54. The van der Waals surface area contributed by atoms with E-state index in [4.69, 9.17) is 5.26 Å². The van der Waals surface area contributed by atoms with Crippen molar-refractivity contribution in [1.82, 2.24) is 10.2 Å². The highest BCUT2D eigenvalue weighted by atomic mass is 16.2. The van der Waals surface area contributed by atoms with Crippen LogP contribution in [0.4, 0.5) is 10.5 Å². The van der Waals surface area contributed by atoms with Crippen LogP contribution in [0.25, 0.3) is 0 Å². The summed E-state index contributed by atoms with van der Waals surface area (Å²) < 4.78 is 0. The van der Waals surface area contributed by atoms with Gasteiger partial charge in [0, 0.05) is 0 Å². The first-order valence-corrected chi connectivity index (χ1v) is 8.99. The van der Waals surface area contributed by atoms with Crippen LogP contribution in [0.2, 0.25) is 0 Å². The molecule has 136 valence electrons. The van der Waals surface area contributed by atoms with E-state index in [2.05, 4.69) is 10.6 Å². The summed E-state index contributed by atoms with van der Waals surface area (Å²) in [7, 11) is 0. The van der Waals surface area contributed by atoms with Gasteiger partial charge in [0.25, 0.3) is 5.91 Å². The van der Waals surface area contributed by atoms with Gasteiger partial charge >= 0.3 is 6.03 Å². The van der Waals surface area contributed by atoms with E-state index in [0.717, 1.165) is 37.0 Å². The normalized spacial score (nSPS) is 19.4. The zero-order chi connectivity index (χ0) is 18.6. The highest BCUT2D eigenvalue weighted by molar-refractivity contribution is 6.10. The minimum absolute atomic E-state index is 0.312. The predicted octanol–water partition coefficient (Wildman–Crippen LogP) is 2.53. The average molecular weight is 354 g/mol. The highest BCUT2D eigenvalue weighted by Crippen LogP contribution is 2.32. The molecular weight excluding hydrogens is 332 g/mol. The Bertz CT molecular complexity index is 760. The molecule has 3 rings (SSSR count). The third-order valence-electron chi connectivity index (χ3n) is 5.08. The fraction of sp³-hybridized carbons (Fsp3) is 0.474. The summed E-state index contributed by atoms with van der Waals surface area (Å²) in [6.07, 6.45) is 6.28. The number of imide groups is 1. The Morgan fingerprint density at radius 3 is 2.50 bits per heavy atom. The number of nitriles is 1. The monoisotopic (exact) mass is 354 g/mol. The maximum atomic E-state index is 12.9. The highest BCUT2D eigenvalue weighted by Gasteiger charge is 2.50. The topological polar surface area (TPSA) is 102 Å². The van der Waals surface area contributed by atoms with Crippen LogP contribution in [0.5, 0.6) is 0 Å². The summed E-state index contributed by atoms with van der Waals surface area (Å²) in [6, 6.07) is 8.08. The number of amides is 4. The molecule has 0 bridgehead atoms. The number of nitrogens with zero attached hydrogens (tertiary/aromatic N) is 2. The molecule has 2 fully saturated rings. The fourth-order valence-corrected chi connectivity index (χ4v) is 3.69. The van der Waals surface area contributed by atoms with E-state index >= 15 is 0 Å². The van der Waals surface area contributed by atoms with Crippen molar-refractivity contribution >= 4 is 23.5 Å². The number of benzene rings is 1. The Labute approximate surface area is 152 Å². The van der Waals surface area contributed by atoms with Gasteiger partial charge in [0.2, 0.25) is 5.91 Å². The lowest BCUT2D eigenvalue weighted by atomic mass is 9.84.